The molecule has 0 aromatic heterocycles. The molecule has 2 aromatic rings. The maximum absolute atomic E-state index is 13.3. The van der Waals surface area contributed by atoms with E-state index < -0.39 is 5.92 Å². The second-order valence-electron chi connectivity index (χ2n) is 9.44. The molecule has 0 radical (unpaired) electrons. The quantitative estimate of drug-likeness (QED) is 0.405. The summed E-state index contributed by atoms with van der Waals surface area (Å²) in [4.78, 5) is 28.6. The largest absolute Gasteiger partial charge is 0.490 e. The van der Waals surface area contributed by atoms with Gasteiger partial charge in [0.15, 0.2) is 23.1 Å². The number of carbonyl (C=O) groups is 2. The first-order valence-electron chi connectivity index (χ1n) is 12.5. The standard InChI is InChI=1S/C29H29Cl2NO4/c1-3-35-25-15-18(14-20(31)29(25)36-16-17-10-12-19(30)13-11-17)26-27-21(6-4-8-23(27)33)32(2)22-7-5-9-24(34)28(22)26/h10-15,26H,3-9,16H2,1-2H3. The van der Waals surface area contributed by atoms with Crippen LogP contribution in [-0.4, -0.2) is 30.1 Å². The molecule has 0 bridgehead atoms. The van der Waals surface area contributed by atoms with Crippen LogP contribution in [0.15, 0.2) is 58.9 Å². The average Bonchev–Trinajstić information content (AvgIpc) is 2.86. The summed E-state index contributed by atoms with van der Waals surface area (Å²) in [6.07, 6.45) is 4.30. The topological polar surface area (TPSA) is 55.8 Å². The molecule has 0 N–H and O–H groups in total. The molecular weight excluding hydrogens is 497 g/mol. The highest BCUT2D eigenvalue weighted by atomic mass is 35.5. The molecule has 36 heavy (non-hydrogen) atoms. The lowest BCUT2D eigenvalue weighted by Gasteiger charge is -2.42. The lowest BCUT2D eigenvalue weighted by atomic mass is 9.71. The van der Waals surface area contributed by atoms with Crippen molar-refractivity contribution in [2.75, 3.05) is 13.7 Å². The van der Waals surface area contributed by atoms with E-state index in [1.807, 2.05) is 50.4 Å². The third-order valence-corrected chi connectivity index (χ3v) is 7.74. The van der Waals surface area contributed by atoms with Gasteiger partial charge < -0.3 is 14.4 Å². The Morgan fingerprint density at radius 2 is 1.50 bits per heavy atom. The molecule has 5 rings (SSSR count). The molecule has 2 aliphatic carbocycles. The number of allylic oxidation sites excluding steroid dienone is 4. The minimum atomic E-state index is -0.436. The van der Waals surface area contributed by atoms with Crippen molar-refractivity contribution in [3.63, 3.8) is 0 Å². The minimum absolute atomic E-state index is 0.107. The number of ketones is 2. The van der Waals surface area contributed by atoms with E-state index in [0.29, 0.717) is 47.6 Å². The number of halogens is 2. The summed E-state index contributed by atoms with van der Waals surface area (Å²) in [6.45, 7) is 2.62. The van der Waals surface area contributed by atoms with Gasteiger partial charge >= 0.3 is 0 Å². The van der Waals surface area contributed by atoms with Gasteiger partial charge in [-0.05, 0) is 68.0 Å². The van der Waals surface area contributed by atoms with E-state index in [1.54, 1.807) is 0 Å². The van der Waals surface area contributed by atoms with Gasteiger partial charge in [0.25, 0.3) is 0 Å². The summed E-state index contributed by atoms with van der Waals surface area (Å²) < 4.78 is 12.1. The van der Waals surface area contributed by atoms with Crippen LogP contribution in [0.5, 0.6) is 11.5 Å². The van der Waals surface area contributed by atoms with Crippen molar-refractivity contribution in [2.45, 2.75) is 58.0 Å². The molecule has 0 amide bonds. The number of ether oxygens (including phenoxy) is 2. The smallest absolute Gasteiger partial charge is 0.180 e. The summed E-state index contributed by atoms with van der Waals surface area (Å²) >= 11 is 12.8. The number of carbonyl (C=O) groups excluding carboxylic acids is 2. The molecule has 5 nitrogen and oxygen atoms in total. The molecule has 0 spiro atoms. The first-order valence-corrected chi connectivity index (χ1v) is 13.2. The Labute approximate surface area is 221 Å². The zero-order valence-corrected chi connectivity index (χ0v) is 22.0. The second kappa shape index (κ2) is 10.3. The van der Waals surface area contributed by atoms with Crippen molar-refractivity contribution in [3.8, 4) is 11.5 Å². The average molecular weight is 526 g/mol. The second-order valence-corrected chi connectivity index (χ2v) is 10.3. The van der Waals surface area contributed by atoms with Crippen LogP contribution in [0.2, 0.25) is 10.0 Å². The fourth-order valence-corrected chi connectivity index (χ4v) is 5.98. The van der Waals surface area contributed by atoms with Gasteiger partial charge in [0.05, 0.1) is 11.6 Å². The Kier molecular flexibility index (Phi) is 7.14. The van der Waals surface area contributed by atoms with E-state index in [0.717, 1.165) is 59.4 Å². The zero-order valence-electron chi connectivity index (χ0n) is 20.5. The highest BCUT2D eigenvalue weighted by molar-refractivity contribution is 6.32. The highest BCUT2D eigenvalue weighted by Gasteiger charge is 2.42. The lowest BCUT2D eigenvalue weighted by Crippen LogP contribution is -2.37. The van der Waals surface area contributed by atoms with Gasteiger partial charge in [-0.25, -0.2) is 0 Å². The zero-order chi connectivity index (χ0) is 25.4. The number of Topliss-reactive ketones (excluding diaryl/α,β-unsaturated/α-hetero) is 2. The minimum Gasteiger partial charge on any atom is -0.490 e. The molecule has 0 saturated heterocycles. The summed E-state index contributed by atoms with van der Waals surface area (Å²) in [5, 5.41) is 1.05. The molecule has 0 saturated carbocycles. The molecule has 7 heteroatoms. The SMILES string of the molecule is CCOc1cc(C2C3=C(CCCC3=O)N(C)C3=C2C(=O)CCC3)cc(Cl)c1OCc1ccc(Cl)cc1. The Hall–Kier alpha value is -2.76. The third kappa shape index (κ3) is 4.55. The predicted octanol–water partition coefficient (Wildman–Crippen LogP) is 7.01. The lowest BCUT2D eigenvalue weighted by molar-refractivity contribution is -0.117. The van der Waals surface area contributed by atoms with Gasteiger partial charge in [0, 0.05) is 53.4 Å². The third-order valence-electron chi connectivity index (χ3n) is 7.21. The summed E-state index contributed by atoms with van der Waals surface area (Å²) in [6, 6.07) is 11.1. The van der Waals surface area contributed by atoms with Crippen LogP contribution in [0.4, 0.5) is 0 Å². The predicted molar refractivity (Wildman–Crippen MR) is 141 cm³/mol. The van der Waals surface area contributed by atoms with Crippen LogP contribution in [0.25, 0.3) is 0 Å². The molecule has 0 fully saturated rings. The van der Waals surface area contributed by atoms with Crippen molar-refractivity contribution >= 4 is 34.8 Å². The van der Waals surface area contributed by atoms with Gasteiger partial charge in [-0.3, -0.25) is 9.59 Å². The van der Waals surface area contributed by atoms with Crippen LogP contribution in [-0.2, 0) is 16.2 Å². The van der Waals surface area contributed by atoms with Gasteiger partial charge in [-0.2, -0.15) is 0 Å². The molecule has 2 aromatic carbocycles. The van der Waals surface area contributed by atoms with Crippen molar-refractivity contribution < 1.29 is 19.1 Å². The summed E-state index contributed by atoms with van der Waals surface area (Å²) in [7, 11) is 1.99. The van der Waals surface area contributed by atoms with E-state index in [-0.39, 0.29) is 11.6 Å². The van der Waals surface area contributed by atoms with E-state index in [2.05, 4.69) is 4.90 Å². The molecule has 1 aliphatic heterocycles. The molecule has 1 heterocycles. The van der Waals surface area contributed by atoms with E-state index in [1.165, 1.54) is 0 Å². The maximum atomic E-state index is 13.3. The monoisotopic (exact) mass is 525 g/mol. The van der Waals surface area contributed by atoms with Crippen LogP contribution >= 0.6 is 23.2 Å². The normalized spacial score (nSPS) is 18.4. The Morgan fingerprint density at radius 3 is 2.08 bits per heavy atom. The number of hydrogen-bond donors (Lipinski definition) is 0. The summed E-state index contributed by atoms with van der Waals surface area (Å²) in [5.41, 5.74) is 5.25. The van der Waals surface area contributed by atoms with Gasteiger partial charge in [-0.15, -0.1) is 0 Å². The van der Waals surface area contributed by atoms with E-state index in [4.69, 9.17) is 32.7 Å². The first-order chi connectivity index (χ1) is 17.4. The fourth-order valence-electron chi connectivity index (χ4n) is 5.58. The molecule has 3 aliphatic rings. The van der Waals surface area contributed by atoms with Crippen LogP contribution < -0.4 is 9.47 Å². The highest BCUT2D eigenvalue weighted by Crippen LogP contribution is 2.50. The van der Waals surface area contributed by atoms with Gasteiger partial charge in [0.1, 0.15) is 6.61 Å². The van der Waals surface area contributed by atoms with E-state index >= 15 is 0 Å². The molecule has 0 unspecified atom stereocenters. The van der Waals surface area contributed by atoms with Crippen LogP contribution in [0.1, 0.15) is 62.5 Å². The number of nitrogens with zero attached hydrogens (tertiary/aromatic N) is 1. The van der Waals surface area contributed by atoms with Gasteiger partial charge in [-0.1, -0.05) is 35.3 Å². The fraction of sp³-hybridized carbons (Fsp3) is 0.379. The number of rotatable bonds is 6. The molecular formula is C29H29Cl2NO4. The number of benzene rings is 2. The van der Waals surface area contributed by atoms with Gasteiger partial charge in [0.2, 0.25) is 0 Å². The molecule has 0 atom stereocenters. The first kappa shape index (κ1) is 24.9. The Morgan fingerprint density at radius 1 is 0.889 bits per heavy atom. The maximum Gasteiger partial charge on any atom is 0.180 e. The van der Waals surface area contributed by atoms with Crippen molar-refractivity contribution in [1.82, 2.24) is 4.90 Å². The van der Waals surface area contributed by atoms with Crippen molar-refractivity contribution in [2.24, 2.45) is 0 Å². The van der Waals surface area contributed by atoms with Crippen molar-refractivity contribution in [1.29, 1.82) is 0 Å². The molecule has 188 valence electrons. The Balaban J connectivity index is 1.59. The van der Waals surface area contributed by atoms with Crippen LogP contribution in [0.3, 0.4) is 0 Å². The van der Waals surface area contributed by atoms with Crippen LogP contribution in [0, 0.1) is 0 Å². The van der Waals surface area contributed by atoms with E-state index in [9.17, 15) is 9.59 Å². The van der Waals surface area contributed by atoms with Crippen molar-refractivity contribution in [3.05, 3.63) is 80.1 Å². The number of hydrogen-bond acceptors (Lipinski definition) is 5. The summed E-state index contributed by atoms with van der Waals surface area (Å²) in [5.74, 6) is 0.723. The Bertz CT molecular complexity index is 1230.